The zero-order chi connectivity index (χ0) is 12.4. The molecule has 0 aromatic heterocycles. The molecule has 1 unspecified atom stereocenters. The maximum absolute atomic E-state index is 10.8. The van der Waals surface area contributed by atoms with Gasteiger partial charge >= 0.3 is 0 Å². The quantitative estimate of drug-likeness (QED) is 0.495. The van der Waals surface area contributed by atoms with Gasteiger partial charge in [0.2, 0.25) is 0 Å². The Hall–Kier alpha value is -1.62. The van der Waals surface area contributed by atoms with Crippen LogP contribution in [0.4, 0.5) is 11.4 Å². The highest BCUT2D eigenvalue weighted by Gasteiger charge is 2.22. The fourth-order valence-corrected chi connectivity index (χ4v) is 2.34. The summed E-state index contributed by atoms with van der Waals surface area (Å²) < 4.78 is 0. The Balaban J connectivity index is 2.21. The molecule has 2 N–H and O–H groups in total. The van der Waals surface area contributed by atoms with Crippen LogP contribution in [0, 0.1) is 10.1 Å². The SMILES string of the molecule is CC1CCCN1Cc1cccc([N+](=O)[O-])c1N. The third kappa shape index (κ3) is 2.39. The molecule has 0 saturated carbocycles. The van der Waals surface area contributed by atoms with Crippen molar-refractivity contribution in [2.75, 3.05) is 12.3 Å². The molecule has 2 rings (SSSR count). The van der Waals surface area contributed by atoms with Crippen LogP contribution in [0.3, 0.4) is 0 Å². The highest BCUT2D eigenvalue weighted by molar-refractivity contribution is 5.62. The number of hydrogen-bond acceptors (Lipinski definition) is 4. The second-order valence-corrected chi connectivity index (χ2v) is 4.57. The Kier molecular flexibility index (Phi) is 3.28. The summed E-state index contributed by atoms with van der Waals surface area (Å²) in [5.41, 5.74) is 7.01. The predicted molar refractivity (Wildman–Crippen MR) is 66.6 cm³/mol. The molecule has 0 amide bonds. The molecule has 5 nitrogen and oxygen atoms in total. The molecule has 1 atom stereocenters. The lowest BCUT2D eigenvalue weighted by Gasteiger charge is -2.21. The summed E-state index contributed by atoms with van der Waals surface area (Å²) in [7, 11) is 0. The zero-order valence-corrected chi connectivity index (χ0v) is 9.93. The Morgan fingerprint density at radius 3 is 2.94 bits per heavy atom. The van der Waals surface area contributed by atoms with Crippen LogP contribution in [-0.2, 0) is 6.54 Å². The third-order valence-corrected chi connectivity index (χ3v) is 3.43. The topological polar surface area (TPSA) is 72.4 Å². The van der Waals surface area contributed by atoms with Crippen molar-refractivity contribution in [3.63, 3.8) is 0 Å². The first-order valence-electron chi connectivity index (χ1n) is 5.85. The number of likely N-dealkylation sites (tertiary alicyclic amines) is 1. The summed E-state index contributed by atoms with van der Waals surface area (Å²) in [6.45, 7) is 3.93. The molecule has 0 bridgehead atoms. The molecule has 1 fully saturated rings. The summed E-state index contributed by atoms with van der Waals surface area (Å²) >= 11 is 0. The first kappa shape index (κ1) is 11.9. The van der Waals surface area contributed by atoms with Crippen molar-refractivity contribution in [3.05, 3.63) is 33.9 Å². The zero-order valence-electron chi connectivity index (χ0n) is 9.93. The molecule has 0 aliphatic carbocycles. The molecule has 92 valence electrons. The third-order valence-electron chi connectivity index (χ3n) is 3.43. The number of nitro groups is 1. The molecule has 1 heterocycles. The van der Waals surface area contributed by atoms with Crippen LogP contribution < -0.4 is 5.73 Å². The van der Waals surface area contributed by atoms with E-state index in [2.05, 4.69) is 11.8 Å². The average Bonchev–Trinajstić information content (AvgIpc) is 2.67. The van der Waals surface area contributed by atoms with Crippen LogP contribution in [0.5, 0.6) is 0 Å². The minimum atomic E-state index is -0.424. The number of anilines is 1. The first-order chi connectivity index (χ1) is 8.09. The number of nitrogens with zero attached hydrogens (tertiary/aromatic N) is 2. The molecular weight excluding hydrogens is 218 g/mol. The largest absolute Gasteiger partial charge is 0.393 e. The monoisotopic (exact) mass is 235 g/mol. The van der Waals surface area contributed by atoms with E-state index in [9.17, 15) is 10.1 Å². The molecule has 1 aromatic rings. The number of benzene rings is 1. The number of nitrogens with two attached hydrogens (primary N) is 1. The average molecular weight is 235 g/mol. The van der Waals surface area contributed by atoms with Crippen molar-refractivity contribution in [1.29, 1.82) is 0 Å². The minimum Gasteiger partial charge on any atom is -0.393 e. The second-order valence-electron chi connectivity index (χ2n) is 4.57. The fraction of sp³-hybridized carbons (Fsp3) is 0.500. The summed E-state index contributed by atoms with van der Waals surface area (Å²) in [5, 5.41) is 10.8. The van der Waals surface area contributed by atoms with Crippen LogP contribution in [0.2, 0.25) is 0 Å². The number of nitrogen functional groups attached to an aromatic ring is 1. The van der Waals surface area contributed by atoms with Crippen molar-refractivity contribution < 1.29 is 4.92 Å². The van der Waals surface area contributed by atoms with Crippen LogP contribution in [-0.4, -0.2) is 22.4 Å². The van der Waals surface area contributed by atoms with E-state index in [1.165, 1.54) is 18.9 Å². The van der Waals surface area contributed by atoms with Crippen LogP contribution in [0.1, 0.15) is 25.3 Å². The van der Waals surface area contributed by atoms with E-state index in [1.807, 2.05) is 6.07 Å². The highest BCUT2D eigenvalue weighted by Crippen LogP contribution is 2.28. The van der Waals surface area contributed by atoms with E-state index in [1.54, 1.807) is 6.07 Å². The van der Waals surface area contributed by atoms with Gasteiger partial charge in [-0.15, -0.1) is 0 Å². The maximum atomic E-state index is 10.8. The van der Waals surface area contributed by atoms with E-state index in [0.29, 0.717) is 18.3 Å². The Morgan fingerprint density at radius 2 is 2.35 bits per heavy atom. The normalized spacial score (nSPS) is 20.6. The standard InChI is InChI=1S/C12H17N3O2/c1-9-4-3-7-14(9)8-10-5-2-6-11(12(10)13)15(16)17/h2,5-6,9H,3-4,7-8,13H2,1H3. The van der Waals surface area contributed by atoms with Gasteiger partial charge in [-0.05, 0) is 31.9 Å². The van der Waals surface area contributed by atoms with Crippen molar-refractivity contribution in [1.82, 2.24) is 4.90 Å². The van der Waals surface area contributed by atoms with Crippen molar-refractivity contribution >= 4 is 11.4 Å². The van der Waals surface area contributed by atoms with E-state index < -0.39 is 4.92 Å². The fourth-order valence-electron chi connectivity index (χ4n) is 2.34. The van der Waals surface area contributed by atoms with Gasteiger partial charge in [0.05, 0.1) is 4.92 Å². The van der Waals surface area contributed by atoms with Crippen molar-refractivity contribution in [2.45, 2.75) is 32.4 Å². The van der Waals surface area contributed by atoms with Gasteiger partial charge in [0.1, 0.15) is 5.69 Å². The molecular formula is C12H17N3O2. The maximum Gasteiger partial charge on any atom is 0.292 e. The van der Waals surface area contributed by atoms with E-state index >= 15 is 0 Å². The van der Waals surface area contributed by atoms with Crippen LogP contribution in [0.15, 0.2) is 18.2 Å². The number of hydrogen-bond donors (Lipinski definition) is 1. The van der Waals surface area contributed by atoms with E-state index in [-0.39, 0.29) is 5.69 Å². The minimum absolute atomic E-state index is 0.00866. The van der Waals surface area contributed by atoms with Gasteiger partial charge in [-0.1, -0.05) is 12.1 Å². The molecule has 0 spiro atoms. The van der Waals surface area contributed by atoms with Gasteiger partial charge in [-0.2, -0.15) is 0 Å². The smallest absolute Gasteiger partial charge is 0.292 e. The number of nitro benzene ring substituents is 1. The molecule has 1 aliphatic rings. The Morgan fingerprint density at radius 1 is 1.59 bits per heavy atom. The summed E-state index contributed by atoms with van der Waals surface area (Å²) in [5.74, 6) is 0. The van der Waals surface area contributed by atoms with Crippen LogP contribution >= 0.6 is 0 Å². The van der Waals surface area contributed by atoms with Gasteiger partial charge in [0, 0.05) is 18.7 Å². The summed E-state index contributed by atoms with van der Waals surface area (Å²) in [6.07, 6.45) is 2.38. The highest BCUT2D eigenvalue weighted by atomic mass is 16.6. The molecule has 5 heteroatoms. The van der Waals surface area contributed by atoms with Crippen molar-refractivity contribution in [2.24, 2.45) is 0 Å². The van der Waals surface area contributed by atoms with Gasteiger partial charge in [0.15, 0.2) is 0 Å². The number of rotatable bonds is 3. The number of para-hydroxylation sites is 1. The summed E-state index contributed by atoms with van der Waals surface area (Å²) in [4.78, 5) is 12.7. The molecule has 0 radical (unpaired) electrons. The lowest BCUT2D eigenvalue weighted by Crippen LogP contribution is -2.26. The lowest BCUT2D eigenvalue weighted by atomic mass is 10.1. The van der Waals surface area contributed by atoms with Gasteiger partial charge in [0.25, 0.3) is 5.69 Å². The van der Waals surface area contributed by atoms with E-state index in [4.69, 9.17) is 5.73 Å². The van der Waals surface area contributed by atoms with E-state index in [0.717, 1.165) is 12.1 Å². The molecule has 17 heavy (non-hydrogen) atoms. The molecule has 1 aliphatic heterocycles. The molecule has 1 saturated heterocycles. The summed E-state index contributed by atoms with van der Waals surface area (Å²) in [6, 6.07) is 5.55. The predicted octanol–water partition coefficient (Wildman–Crippen LogP) is 2.16. The van der Waals surface area contributed by atoms with Crippen molar-refractivity contribution in [3.8, 4) is 0 Å². The first-order valence-corrected chi connectivity index (χ1v) is 5.85. The Labute approximate surface area is 100 Å². The Bertz CT molecular complexity index is 434. The lowest BCUT2D eigenvalue weighted by molar-refractivity contribution is -0.384. The van der Waals surface area contributed by atoms with Crippen LogP contribution in [0.25, 0.3) is 0 Å². The molecule has 1 aromatic carbocycles. The second kappa shape index (κ2) is 4.71. The van der Waals surface area contributed by atoms with Gasteiger partial charge in [-0.3, -0.25) is 15.0 Å². The van der Waals surface area contributed by atoms with Gasteiger partial charge in [-0.25, -0.2) is 0 Å². The van der Waals surface area contributed by atoms with Gasteiger partial charge < -0.3 is 5.73 Å².